The van der Waals surface area contributed by atoms with Crippen LogP contribution in [0.1, 0.15) is 10.4 Å². The Morgan fingerprint density at radius 2 is 2.21 bits per heavy atom. The smallest absolute Gasteiger partial charge is 0.174 e. The molecule has 1 aromatic heterocycles. The standard InChI is InChI=1S/C10H7ClO2S/c1-13-10-3-6-2-7(5-12)8(11)4-9(6)14-10/h2-5H,1H3. The van der Waals surface area contributed by atoms with E-state index in [2.05, 4.69) is 0 Å². The van der Waals surface area contributed by atoms with Gasteiger partial charge in [0.15, 0.2) is 11.3 Å². The lowest BCUT2D eigenvalue weighted by Gasteiger charge is -1.94. The summed E-state index contributed by atoms with van der Waals surface area (Å²) in [6, 6.07) is 5.45. The molecule has 0 spiro atoms. The van der Waals surface area contributed by atoms with Gasteiger partial charge in [-0.1, -0.05) is 22.9 Å². The van der Waals surface area contributed by atoms with Crippen molar-refractivity contribution in [3.63, 3.8) is 0 Å². The maximum Gasteiger partial charge on any atom is 0.174 e. The predicted molar refractivity (Wildman–Crippen MR) is 58.8 cm³/mol. The fraction of sp³-hybridized carbons (Fsp3) is 0.100. The third kappa shape index (κ3) is 1.49. The molecule has 0 aliphatic carbocycles. The van der Waals surface area contributed by atoms with E-state index in [1.54, 1.807) is 19.2 Å². The van der Waals surface area contributed by atoms with Crippen molar-refractivity contribution in [3.05, 3.63) is 28.8 Å². The van der Waals surface area contributed by atoms with E-state index in [0.717, 1.165) is 21.4 Å². The van der Waals surface area contributed by atoms with Crippen LogP contribution < -0.4 is 4.74 Å². The number of ether oxygens (including phenoxy) is 1. The largest absolute Gasteiger partial charge is 0.487 e. The fourth-order valence-corrected chi connectivity index (χ4v) is 2.42. The van der Waals surface area contributed by atoms with Crippen LogP contribution in [0.5, 0.6) is 5.06 Å². The lowest BCUT2D eigenvalue weighted by molar-refractivity contribution is 0.112. The number of fused-ring (bicyclic) bond motifs is 1. The third-order valence-corrected chi connectivity index (χ3v) is 3.33. The molecular weight excluding hydrogens is 220 g/mol. The van der Waals surface area contributed by atoms with Gasteiger partial charge in [0.1, 0.15) is 0 Å². The molecule has 0 aliphatic heterocycles. The number of thiophene rings is 1. The molecule has 0 atom stereocenters. The van der Waals surface area contributed by atoms with Gasteiger partial charge in [0.2, 0.25) is 0 Å². The average molecular weight is 227 g/mol. The Morgan fingerprint density at radius 3 is 2.86 bits per heavy atom. The van der Waals surface area contributed by atoms with Gasteiger partial charge in [0.05, 0.1) is 12.1 Å². The highest BCUT2D eigenvalue weighted by Crippen LogP contribution is 2.34. The number of carbonyl (C=O) groups excluding carboxylic acids is 1. The summed E-state index contributed by atoms with van der Waals surface area (Å²) in [5.41, 5.74) is 0.514. The molecule has 1 heterocycles. The Bertz CT molecular complexity index is 490. The second-order valence-corrected chi connectivity index (χ2v) is 4.25. The van der Waals surface area contributed by atoms with Crippen LogP contribution in [-0.4, -0.2) is 13.4 Å². The number of carbonyl (C=O) groups is 1. The van der Waals surface area contributed by atoms with Crippen molar-refractivity contribution < 1.29 is 9.53 Å². The molecule has 2 rings (SSSR count). The number of methoxy groups -OCH3 is 1. The lowest BCUT2D eigenvalue weighted by Crippen LogP contribution is -1.79. The van der Waals surface area contributed by atoms with Crippen molar-refractivity contribution in [3.8, 4) is 5.06 Å². The van der Waals surface area contributed by atoms with Gasteiger partial charge in [-0.3, -0.25) is 4.79 Å². The van der Waals surface area contributed by atoms with Crippen LogP contribution in [0, 0.1) is 0 Å². The fourth-order valence-electron chi connectivity index (χ4n) is 1.25. The molecule has 72 valence electrons. The molecule has 0 bridgehead atoms. The van der Waals surface area contributed by atoms with Gasteiger partial charge < -0.3 is 4.74 Å². The zero-order valence-electron chi connectivity index (χ0n) is 7.41. The maximum atomic E-state index is 10.6. The molecule has 4 heteroatoms. The molecule has 2 nitrogen and oxygen atoms in total. The van der Waals surface area contributed by atoms with E-state index < -0.39 is 0 Å². The van der Waals surface area contributed by atoms with Crippen LogP contribution in [0.2, 0.25) is 5.02 Å². The Hall–Kier alpha value is -1.06. The van der Waals surface area contributed by atoms with Crippen molar-refractivity contribution in [1.29, 1.82) is 0 Å². The van der Waals surface area contributed by atoms with Crippen LogP contribution in [0.4, 0.5) is 0 Å². The number of aldehydes is 1. The summed E-state index contributed by atoms with van der Waals surface area (Å²) in [5.74, 6) is 0. The highest BCUT2D eigenvalue weighted by atomic mass is 35.5. The normalized spacial score (nSPS) is 10.4. The van der Waals surface area contributed by atoms with Gasteiger partial charge in [-0.2, -0.15) is 0 Å². The maximum absolute atomic E-state index is 10.6. The van der Waals surface area contributed by atoms with E-state index in [9.17, 15) is 4.79 Å². The first-order chi connectivity index (χ1) is 6.74. The van der Waals surface area contributed by atoms with Crippen molar-refractivity contribution >= 4 is 39.3 Å². The predicted octanol–water partition coefficient (Wildman–Crippen LogP) is 3.38. The molecule has 1 aromatic carbocycles. The average Bonchev–Trinajstić information content (AvgIpc) is 2.58. The van der Waals surface area contributed by atoms with Crippen LogP contribution in [0.15, 0.2) is 18.2 Å². The van der Waals surface area contributed by atoms with Crippen LogP contribution in [-0.2, 0) is 0 Å². The first kappa shape index (κ1) is 9.49. The van der Waals surface area contributed by atoms with Gasteiger partial charge in [0.25, 0.3) is 0 Å². The summed E-state index contributed by atoms with van der Waals surface area (Å²) in [6.07, 6.45) is 0.756. The molecule has 2 aromatic rings. The Morgan fingerprint density at radius 1 is 1.43 bits per heavy atom. The second-order valence-electron chi connectivity index (χ2n) is 2.80. The van der Waals surface area contributed by atoms with E-state index >= 15 is 0 Å². The number of rotatable bonds is 2. The molecule has 0 aliphatic rings. The first-order valence-corrected chi connectivity index (χ1v) is 5.16. The number of halogens is 1. The van der Waals surface area contributed by atoms with Crippen molar-refractivity contribution in [2.24, 2.45) is 0 Å². The Labute approximate surface area is 90.1 Å². The Balaban J connectivity index is 2.69. The molecule has 0 fully saturated rings. The zero-order valence-corrected chi connectivity index (χ0v) is 8.98. The molecule has 0 amide bonds. The van der Waals surface area contributed by atoms with Crippen LogP contribution >= 0.6 is 22.9 Å². The van der Waals surface area contributed by atoms with Crippen molar-refractivity contribution in [2.45, 2.75) is 0 Å². The summed E-state index contributed by atoms with van der Waals surface area (Å²) in [5, 5.41) is 2.29. The second kappa shape index (κ2) is 3.59. The summed E-state index contributed by atoms with van der Waals surface area (Å²) >= 11 is 7.40. The first-order valence-electron chi connectivity index (χ1n) is 3.97. The topological polar surface area (TPSA) is 26.3 Å². The van der Waals surface area contributed by atoms with E-state index in [1.165, 1.54) is 11.3 Å². The molecular formula is C10H7ClO2S. The number of benzene rings is 1. The summed E-state index contributed by atoms with van der Waals surface area (Å²) in [6.45, 7) is 0. The highest BCUT2D eigenvalue weighted by Gasteiger charge is 2.06. The van der Waals surface area contributed by atoms with Gasteiger partial charge in [-0.05, 0) is 23.6 Å². The third-order valence-electron chi connectivity index (χ3n) is 1.94. The van der Waals surface area contributed by atoms with Gasteiger partial charge in [-0.15, -0.1) is 0 Å². The highest BCUT2D eigenvalue weighted by molar-refractivity contribution is 7.20. The molecule has 0 saturated carbocycles. The van der Waals surface area contributed by atoms with Crippen LogP contribution in [0.25, 0.3) is 10.1 Å². The van der Waals surface area contributed by atoms with E-state index in [4.69, 9.17) is 16.3 Å². The molecule has 14 heavy (non-hydrogen) atoms. The molecule has 0 N–H and O–H groups in total. The number of hydrogen-bond acceptors (Lipinski definition) is 3. The minimum absolute atomic E-state index is 0.483. The van der Waals surface area contributed by atoms with E-state index in [-0.39, 0.29) is 0 Å². The van der Waals surface area contributed by atoms with Gasteiger partial charge >= 0.3 is 0 Å². The minimum atomic E-state index is 0.483. The minimum Gasteiger partial charge on any atom is -0.487 e. The summed E-state index contributed by atoms with van der Waals surface area (Å²) in [7, 11) is 1.62. The summed E-state index contributed by atoms with van der Waals surface area (Å²) in [4.78, 5) is 10.6. The monoisotopic (exact) mass is 226 g/mol. The molecule has 0 saturated heterocycles. The SMILES string of the molecule is COc1cc2cc(C=O)c(Cl)cc2s1. The number of hydrogen-bond donors (Lipinski definition) is 0. The van der Waals surface area contributed by atoms with E-state index in [0.29, 0.717) is 10.6 Å². The summed E-state index contributed by atoms with van der Waals surface area (Å²) < 4.78 is 6.13. The van der Waals surface area contributed by atoms with Crippen molar-refractivity contribution in [2.75, 3.05) is 7.11 Å². The van der Waals surface area contributed by atoms with Crippen LogP contribution in [0.3, 0.4) is 0 Å². The van der Waals surface area contributed by atoms with Crippen molar-refractivity contribution in [1.82, 2.24) is 0 Å². The quantitative estimate of drug-likeness (QED) is 0.734. The molecule has 0 unspecified atom stereocenters. The van der Waals surface area contributed by atoms with Gasteiger partial charge in [-0.25, -0.2) is 0 Å². The lowest BCUT2D eigenvalue weighted by atomic mass is 10.2. The zero-order chi connectivity index (χ0) is 10.1. The molecule has 0 radical (unpaired) electrons. The van der Waals surface area contributed by atoms with E-state index in [1.807, 2.05) is 6.07 Å². The Kier molecular flexibility index (Phi) is 2.44. The van der Waals surface area contributed by atoms with Gasteiger partial charge in [0, 0.05) is 10.3 Å².